The minimum Gasteiger partial charge on any atom is -0.444 e. The minimum absolute atomic E-state index is 0.0292. The molecule has 0 aliphatic rings. The molecule has 1 aromatic heterocycles. The molecule has 0 unspecified atom stereocenters. The van der Waals surface area contributed by atoms with Gasteiger partial charge in [-0.3, -0.25) is 14.8 Å². The summed E-state index contributed by atoms with van der Waals surface area (Å²) in [6.45, 7) is 5.53. The van der Waals surface area contributed by atoms with Crippen LogP contribution in [0.15, 0.2) is 30.5 Å². The fourth-order valence-electron chi connectivity index (χ4n) is 2.37. The van der Waals surface area contributed by atoms with Crippen molar-refractivity contribution in [3.05, 3.63) is 46.1 Å². The van der Waals surface area contributed by atoms with Crippen molar-refractivity contribution >= 4 is 11.8 Å². The smallest absolute Gasteiger partial charge is 0.410 e. The van der Waals surface area contributed by atoms with Crippen LogP contribution in [0.25, 0.3) is 11.3 Å². The topological polar surface area (TPSA) is 90.5 Å². The molecule has 8 heteroatoms. The molecule has 0 spiro atoms. The van der Waals surface area contributed by atoms with Gasteiger partial charge in [0.05, 0.1) is 10.6 Å². The van der Waals surface area contributed by atoms with E-state index in [4.69, 9.17) is 4.74 Å². The van der Waals surface area contributed by atoms with Crippen LogP contribution in [0.5, 0.6) is 0 Å². The average Bonchev–Trinajstić information content (AvgIpc) is 2.91. The maximum absolute atomic E-state index is 12.2. The van der Waals surface area contributed by atoms with Gasteiger partial charge in [0.1, 0.15) is 5.60 Å². The van der Waals surface area contributed by atoms with Gasteiger partial charge in [-0.15, -0.1) is 0 Å². The Bertz CT molecular complexity index is 792. The zero-order chi connectivity index (χ0) is 18.8. The number of hydrogen-bond donors (Lipinski definition) is 0. The lowest BCUT2D eigenvalue weighted by molar-refractivity contribution is -0.384. The molecule has 25 heavy (non-hydrogen) atoms. The van der Waals surface area contributed by atoms with Crippen molar-refractivity contribution in [1.29, 1.82) is 0 Å². The van der Waals surface area contributed by atoms with Crippen LogP contribution in [0.1, 0.15) is 26.3 Å². The lowest BCUT2D eigenvalue weighted by atomic mass is 10.0. The summed E-state index contributed by atoms with van der Waals surface area (Å²) >= 11 is 0. The number of amides is 1. The predicted molar refractivity (Wildman–Crippen MR) is 93.0 cm³/mol. The Morgan fingerprint density at radius 2 is 2.04 bits per heavy atom. The van der Waals surface area contributed by atoms with Crippen molar-refractivity contribution in [1.82, 2.24) is 14.7 Å². The Hall–Kier alpha value is -2.90. The fraction of sp³-hybridized carbons (Fsp3) is 0.412. The van der Waals surface area contributed by atoms with Gasteiger partial charge in [0.15, 0.2) is 0 Å². The lowest BCUT2D eigenvalue weighted by Crippen LogP contribution is -2.34. The van der Waals surface area contributed by atoms with Crippen molar-refractivity contribution in [3.8, 4) is 11.3 Å². The van der Waals surface area contributed by atoms with Crippen molar-refractivity contribution < 1.29 is 14.5 Å². The fourth-order valence-corrected chi connectivity index (χ4v) is 2.37. The summed E-state index contributed by atoms with van der Waals surface area (Å²) in [4.78, 5) is 24.2. The standard InChI is InChI=1S/C17H22N4O4/c1-17(2,3)25-16(22)19(4)11-12-10-13(21(23)24)6-7-14(12)15-8-9-18-20(15)5/h6-10H,11H2,1-5H3. The van der Waals surface area contributed by atoms with Crippen molar-refractivity contribution in [3.63, 3.8) is 0 Å². The van der Waals surface area contributed by atoms with E-state index in [1.807, 2.05) is 6.07 Å². The van der Waals surface area contributed by atoms with Crippen LogP contribution >= 0.6 is 0 Å². The number of nitrogens with zero attached hydrogens (tertiary/aromatic N) is 4. The first-order chi connectivity index (χ1) is 11.6. The van der Waals surface area contributed by atoms with E-state index in [1.165, 1.54) is 17.0 Å². The highest BCUT2D eigenvalue weighted by atomic mass is 16.6. The number of aromatic nitrogens is 2. The molecule has 0 aliphatic carbocycles. The number of aryl methyl sites for hydroxylation is 1. The molecule has 0 N–H and O–H groups in total. The number of rotatable bonds is 4. The Morgan fingerprint density at radius 3 is 2.56 bits per heavy atom. The number of hydrogen-bond acceptors (Lipinski definition) is 5. The summed E-state index contributed by atoms with van der Waals surface area (Å²) in [6.07, 6.45) is 1.16. The van der Waals surface area contributed by atoms with Crippen LogP contribution in [0.2, 0.25) is 0 Å². The normalized spacial score (nSPS) is 11.2. The Labute approximate surface area is 146 Å². The SMILES string of the molecule is CN(Cc1cc([N+](=O)[O-])ccc1-c1ccnn1C)C(=O)OC(C)(C)C. The van der Waals surface area contributed by atoms with Crippen LogP contribution in [-0.2, 0) is 18.3 Å². The summed E-state index contributed by atoms with van der Waals surface area (Å²) < 4.78 is 7.02. The maximum Gasteiger partial charge on any atom is 0.410 e. The third kappa shape index (κ3) is 4.56. The van der Waals surface area contributed by atoms with Crippen LogP contribution in [0.3, 0.4) is 0 Å². The van der Waals surface area contributed by atoms with Crippen LogP contribution in [0.4, 0.5) is 10.5 Å². The largest absolute Gasteiger partial charge is 0.444 e. The highest BCUT2D eigenvalue weighted by Gasteiger charge is 2.22. The molecule has 1 aromatic carbocycles. The summed E-state index contributed by atoms with van der Waals surface area (Å²) in [6, 6.07) is 6.41. The van der Waals surface area contributed by atoms with E-state index in [0.717, 1.165) is 11.3 Å². The van der Waals surface area contributed by atoms with Crippen LogP contribution in [-0.4, -0.2) is 38.3 Å². The zero-order valence-electron chi connectivity index (χ0n) is 15.0. The van der Waals surface area contributed by atoms with Crippen molar-refractivity contribution in [2.75, 3.05) is 7.05 Å². The van der Waals surface area contributed by atoms with Crippen LogP contribution < -0.4 is 0 Å². The molecule has 0 bridgehead atoms. The van der Waals surface area contributed by atoms with Gasteiger partial charge in [0.2, 0.25) is 0 Å². The summed E-state index contributed by atoms with van der Waals surface area (Å²) in [7, 11) is 3.39. The van der Waals surface area contributed by atoms with Crippen LogP contribution in [0, 0.1) is 10.1 Å². The zero-order valence-corrected chi connectivity index (χ0v) is 15.0. The molecule has 2 aromatic rings. The van der Waals surface area contributed by atoms with E-state index in [0.29, 0.717) is 5.56 Å². The number of ether oxygens (including phenoxy) is 1. The molecule has 0 radical (unpaired) electrons. The number of nitro groups is 1. The Kier molecular flexibility index (Phi) is 5.10. The quantitative estimate of drug-likeness (QED) is 0.625. The predicted octanol–water partition coefficient (Wildman–Crippen LogP) is 3.36. The average molecular weight is 346 g/mol. The highest BCUT2D eigenvalue weighted by Crippen LogP contribution is 2.28. The minimum atomic E-state index is -0.612. The molecule has 2 rings (SSSR count). The summed E-state index contributed by atoms with van der Waals surface area (Å²) in [5.74, 6) is 0. The number of benzene rings is 1. The second kappa shape index (κ2) is 6.92. The molecule has 0 saturated heterocycles. The van der Waals surface area contributed by atoms with E-state index in [1.54, 1.807) is 51.8 Å². The molecule has 1 amide bonds. The summed E-state index contributed by atoms with van der Waals surface area (Å²) in [5.41, 5.74) is 1.59. The molecule has 0 atom stereocenters. The van der Waals surface area contributed by atoms with E-state index >= 15 is 0 Å². The van der Waals surface area contributed by atoms with E-state index < -0.39 is 16.6 Å². The van der Waals surface area contributed by atoms with Gasteiger partial charge < -0.3 is 9.64 Å². The first kappa shape index (κ1) is 18.4. The highest BCUT2D eigenvalue weighted by molar-refractivity contribution is 5.70. The lowest BCUT2D eigenvalue weighted by Gasteiger charge is -2.25. The number of nitro benzene ring substituents is 1. The monoisotopic (exact) mass is 346 g/mol. The van der Waals surface area contributed by atoms with E-state index in [9.17, 15) is 14.9 Å². The van der Waals surface area contributed by atoms with Gasteiger partial charge in [0.25, 0.3) is 5.69 Å². The van der Waals surface area contributed by atoms with Gasteiger partial charge >= 0.3 is 6.09 Å². The van der Waals surface area contributed by atoms with Gasteiger partial charge in [-0.05, 0) is 38.5 Å². The Morgan fingerprint density at radius 1 is 1.36 bits per heavy atom. The third-order valence-corrected chi connectivity index (χ3v) is 3.51. The van der Waals surface area contributed by atoms with Crippen molar-refractivity contribution in [2.45, 2.75) is 32.9 Å². The van der Waals surface area contributed by atoms with Gasteiger partial charge in [-0.1, -0.05) is 0 Å². The molecule has 0 fully saturated rings. The molecule has 8 nitrogen and oxygen atoms in total. The first-order valence-corrected chi connectivity index (χ1v) is 7.78. The summed E-state index contributed by atoms with van der Waals surface area (Å²) in [5, 5.41) is 15.2. The second-order valence-electron chi connectivity index (χ2n) is 6.78. The number of non-ortho nitro benzene ring substituents is 1. The van der Waals surface area contributed by atoms with E-state index in [2.05, 4.69) is 5.10 Å². The van der Waals surface area contributed by atoms with Crippen molar-refractivity contribution in [2.24, 2.45) is 7.05 Å². The van der Waals surface area contributed by atoms with Gasteiger partial charge in [-0.2, -0.15) is 5.10 Å². The third-order valence-electron chi connectivity index (χ3n) is 3.51. The second-order valence-corrected chi connectivity index (χ2v) is 6.78. The maximum atomic E-state index is 12.2. The molecule has 0 aliphatic heterocycles. The molecule has 134 valence electrons. The molecular formula is C17H22N4O4. The molecule has 0 saturated carbocycles. The molecule has 1 heterocycles. The van der Waals surface area contributed by atoms with Gasteiger partial charge in [-0.25, -0.2) is 4.79 Å². The first-order valence-electron chi connectivity index (χ1n) is 7.78. The number of carbonyl (C=O) groups is 1. The molecular weight excluding hydrogens is 324 g/mol. The Balaban J connectivity index is 2.37. The van der Waals surface area contributed by atoms with E-state index in [-0.39, 0.29) is 12.2 Å². The number of carbonyl (C=O) groups excluding carboxylic acids is 1. The van der Waals surface area contributed by atoms with Gasteiger partial charge in [0, 0.05) is 44.5 Å².